The number of nitro benzene ring substituents is 1. The average Bonchev–Trinajstić information content (AvgIpc) is 2.41. The maximum absolute atomic E-state index is 12.4. The highest BCUT2D eigenvalue weighted by atomic mass is 16.6. The first kappa shape index (κ1) is 13.7. The first-order valence-corrected chi connectivity index (χ1v) is 6.51. The molecule has 0 amide bonds. The molecule has 1 aromatic rings. The van der Waals surface area contributed by atoms with E-state index < -0.39 is 4.92 Å². The number of aryl methyl sites for hydroxylation is 1. The topological polar surface area (TPSA) is 72.2 Å². The van der Waals surface area contributed by atoms with Crippen LogP contribution in [0.15, 0.2) is 12.1 Å². The molecule has 1 fully saturated rings. The lowest BCUT2D eigenvalue weighted by atomic mass is 9.89. The van der Waals surface area contributed by atoms with E-state index in [1.165, 1.54) is 6.07 Å². The van der Waals surface area contributed by atoms with Gasteiger partial charge in [-0.2, -0.15) is 0 Å². The Bertz CT molecular complexity index is 520. The fraction of sp³-hybridized carbons (Fsp3) is 0.500. The summed E-state index contributed by atoms with van der Waals surface area (Å²) < 4.78 is 0. The quantitative estimate of drug-likeness (QED) is 0.515. The van der Waals surface area contributed by atoms with Gasteiger partial charge in [-0.05, 0) is 44.9 Å². The zero-order valence-corrected chi connectivity index (χ0v) is 11.2. The maximum atomic E-state index is 12.4. The lowest BCUT2D eigenvalue weighted by Crippen LogP contribution is -2.34. The summed E-state index contributed by atoms with van der Waals surface area (Å²) in [7, 11) is 0. The molecule has 5 heteroatoms. The van der Waals surface area contributed by atoms with Crippen LogP contribution in [0.5, 0.6) is 0 Å². The third-order valence-electron chi connectivity index (χ3n) is 3.79. The van der Waals surface area contributed by atoms with Crippen LogP contribution in [0.4, 0.5) is 5.69 Å². The largest absolute Gasteiger partial charge is 0.316 e. The Morgan fingerprint density at radius 2 is 2.16 bits per heavy atom. The van der Waals surface area contributed by atoms with Crippen molar-refractivity contribution in [3.8, 4) is 0 Å². The summed E-state index contributed by atoms with van der Waals surface area (Å²) in [6.45, 7) is 5.12. The second kappa shape index (κ2) is 5.48. The van der Waals surface area contributed by atoms with Crippen LogP contribution >= 0.6 is 0 Å². The fourth-order valence-corrected chi connectivity index (χ4v) is 2.48. The van der Waals surface area contributed by atoms with Gasteiger partial charge in [-0.25, -0.2) is 0 Å². The van der Waals surface area contributed by atoms with Crippen LogP contribution < -0.4 is 5.32 Å². The van der Waals surface area contributed by atoms with Crippen molar-refractivity contribution in [2.75, 3.05) is 13.1 Å². The van der Waals surface area contributed by atoms with Crippen molar-refractivity contribution < 1.29 is 9.72 Å². The highest BCUT2D eigenvalue weighted by Crippen LogP contribution is 2.26. The summed E-state index contributed by atoms with van der Waals surface area (Å²) in [5.41, 5.74) is 1.92. The minimum atomic E-state index is -0.418. The maximum Gasteiger partial charge on any atom is 0.273 e. The smallest absolute Gasteiger partial charge is 0.273 e. The highest BCUT2D eigenvalue weighted by Gasteiger charge is 2.25. The molecule has 102 valence electrons. The third-order valence-corrected chi connectivity index (χ3v) is 3.79. The predicted octanol–water partition coefficient (Wildman–Crippen LogP) is 2.39. The summed E-state index contributed by atoms with van der Waals surface area (Å²) >= 11 is 0. The van der Waals surface area contributed by atoms with Crippen LogP contribution in [0.2, 0.25) is 0 Å². The van der Waals surface area contributed by atoms with Crippen LogP contribution in [0, 0.1) is 29.9 Å². The Morgan fingerprint density at radius 3 is 2.74 bits per heavy atom. The second-order valence-electron chi connectivity index (χ2n) is 5.10. The summed E-state index contributed by atoms with van der Waals surface area (Å²) in [5.74, 6) is -0.0474. The number of ketones is 1. The van der Waals surface area contributed by atoms with E-state index in [4.69, 9.17) is 0 Å². The standard InChI is InChI=1S/C14H18N2O3/c1-9-6-12(7-13(10(9)2)16(18)19)14(17)11-4-3-5-15-8-11/h6-7,11,15H,3-5,8H2,1-2H3. The number of hydrogen-bond acceptors (Lipinski definition) is 4. The normalized spacial score (nSPS) is 19.2. The van der Waals surface area contributed by atoms with Crippen LogP contribution in [0.1, 0.15) is 34.3 Å². The molecule has 0 spiro atoms. The van der Waals surface area contributed by atoms with Gasteiger partial charge in [0.15, 0.2) is 5.78 Å². The average molecular weight is 262 g/mol. The molecule has 0 saturated carbocycles. The van der Waals surface area contributed by atoms with Gasteiger partial charge < -0.3 is 5.32 Å². The first-order chi connectivity index (χ1) is 9.00. The summed E-state index contributed by atoms with van der Waals surface area (Å²) in [4.78, 5) is 23.0. The van der Waals surface area contributed by atoms with Gasteiger partial charge in [-0.15, -0.1) is 0 Å². The molecule has 19 heavy (non-hydrogen) atoms. The minimum Gasteiger partial charge on any atom is -0.316 e. The Kier molecular flexibility index (Phi) is 3.95. The molecule has 1 unspecified atom stereocenters. The molecule has 1 atom stereocenters. The van der Waals surface area contributed by atoms with Gasteiger partial charge in [0.25, 0.3) is 5.69 Å². The predicted molar refractivity (Wildman–Crippen MR) is 72.5 cm³/mol. The molecule has 1 N–H and O–H groups in total. The molecule has 5 nitrogen and oxygen atoms in total. The zero-order chi connectivity index (χ0) is 14.0. The molecule has 0 radical (unpaired) electrons. The van der Waals surface area contributed by atoms with Crippen molar-refractivity contribution in [2.24, 2.45) is 5.92 Å². The van der Waals surface area contributed by atoms with Crippen molar-refractivity contribution in [2.45, 2.75) is 26.7 Å². The third kappa shape index (κ3) is 2.81. The minimum absolute atomic E-state index is 0.0124. The lowest BCUT2D eigenvalue weighted by molar-refractivity contribution is -0.385. The van der Waals surface area contributed by atoms with E-state index >= 15 is 0 Å². The number of nitro groups is 1. The van der Waals surface area contributed by atoms with Gasteiger partial charge in [0, 0.05) is 29.7 Å². The zero-order valence-electron chi connectivity index (χ0n) is 11.2. The molecule has 1 aliphatic rings. The van der Waals surface area contributed by atoms with Crippen LogP contribution in [0.3, 0.4) is 0 Å². The van der Waals surface area contributed by atoms with Crippen molar-refractivity contribution in [3.05, 3.63) is 38.9 Å². The number of piperidine rings is 1. The molecule has 0 aromatic heterocycles. The van der Waals surface area contributed by atoms with Crippen molar-refractivity contribution in [3.63, 3.8) is 0 Å². The van der Waals surface area contributed by atoms with Gasteiger partial charge in [0.2, 0.25) is 0 Å². The van der Waals surface area contributed by atoms with Crippen LogP contribution in [0.25, 0.3) is 0 Å². The number of carbonyl (C=O) groups excluding carboxylic acids is 1. The van der Waals surface area contributed by atoms with Crippen LogP contribution in [-0.4, -0.2) is 23.8 Å². The molecule has 1 saturated heterocycles. The van der Waals surface area contributed by atoms with Gasteiger partial charge in [-0.1, -0.05) is 0 Å². The number of Topliss-reactive ketones (excluding diaryl/α,β-unsaturated/α-hetero) is 1. The number of rotatable bonds is 3. The van der Waals surface area contributed by atoms with Gasteiger partial charge >= 0.3 is 0 Å². The van der Waals surface area contributed by atoms with Crippen molar-refractivity contribution >= 4 is 11.5 Å². The molecular formula is C14H18N2O3. The lowest BCUT2D eigenvalue weighted by Gasteiger charge is -2.21. The van der Waals surface area contributed by atoms with E-state index in [2.05, 4.69) is 5.32 Å². The number of benzene rings is 1. The van der Waals surface area contributed by atoms with E-state index in [0.29, 0.717) is 17.7 Å². The Hall–Kier alpha value is -1.75. The number of nitrogens with zero attached hydrogens (tertiary/aromatic N) is 1. The molecular weight excluding hydrogens is 244 g/mol. The van der Waals surface area contributed by atoms with Crippen molar-refractivity contribution in [1.29, 1.82) is 0 Å². The fourth-order valence-electron chi connectivity index (χ4n) is 2.48. The first-order valence-electron chi connectivity index (χ1n) is 6.51. The van der Waals surface area contributed by atoms with E-state index in [-0.39, 0.29) is 17.4 Å². The van der Waals surface area contributed by atoms with E-state index in [1.54, 1.807) is 19.9 Å². The molecule has 0 bridgehead atoms. The Morgan fingerprint density at radius 1 is 1.42 bits per heavy atom. The molecule has 2 rings (SSSR count). The van der Waals surface area contributed by atoms with Gasteiger partial charge in [-0.3, -0.25) is 14.9 Å². The monoisotopic (exact) mass is 262 g/mol. The summed E-state index contributed by atoms with van der Waals surface area (Å²) in [6.07, 6.45) is 1.83. The van der Waals surface area contributed by atoms with Gasteiger partial charge in [0.05, 0.1) is 4.92 Å². The molecule has 1 heterocycles. The molecule has 1 aromatic carbocycles. The summed E-state index contributed by atoms with van der Waals surface area (Å²) in [6, 6.07) is 3.18. The molecule has 0 aliphatic carbocycles. The SMILES string of the molecule is Cc1cc(C(=O)C2CCCNC2)cc([N+](=O)[O-])c1C. The number of hydrogen-bond donors (Lipinski definition) is 1. The second-order valence-corrected chi connectivity index (χ2v) is 5.10. The van der Waals surface area contributed by atoms with Gasteiger partial charge in [0.1, 0.15) is 0 Å². The molecule has 1 aliphatic heterocycles. The highest BCUT2D eigenvalue weighted by molar-refractivity contribution is 5.99. The van der Waals surface area contributed by atoms with E-state index in [9.17, 15) is 14.9 Å². The Balaban J connectivity index is 2.34. The number of carbonyl (C=O) groups is 1. The number of nitrogens with one attached hydrogen (secondary N) is 1. The van der Waals surface area contributed by atoms with Crippen molar-refractivity contribution in [1.82, 2.24) is 5.32 Å². The summed E-state index contributed by atoms with van der Waals surface area (Å²) in [5, 5.41) is 14.2. The Labute approximate surface area is 112 Å². The van der Waals surface area contributed by atoms with E-state index in [0.717, 1.165) is 24.9 Å². The van der Waals surface area contributed by atoms with Crippen LogP contribution in [-0.2, 0) is 0 Å². The van der Waals surface area contributed by atoms with E-state index in [1.807, 2.05) is 0 Å².